The first-order valence-electron chi connectivity index (χ1n) is 15.6. The maximum Gasteiger partial charge on any atom is 0.315 e. The van der Waals surface area contributed by atoms with E-state index in [4.69, 9.17) is 11.6 Å². The van der Waals surface area contributed by atoms with Crippen LogP contribution in [0.2, 0.25) is 5.02 Å². The molecule has 0 spiro atoms. The van der Waals surface area contributed by atoms with Crippen molar-refractivity contribution in [3.63, 3.8) is 0 Å². The molecule has 0 aliphatic carbocycles. The fourth-order valence-electron chi connectivity index (χ4n) is 5.00. The van der Waals surface area contributed by atoms with Gasteiger partial charge < -0.3 is 10.6 Å². The third-order valence-electron chi connectivity index (χ3n) is 7.44. The van der Waals surface area contributed by atoms with E-state index >= 15 is 0 Å². The summed E-state index contributed by atoms with van der Waals surface area (Å²) in [5, 5.41) is 14.4. The molecule has 0 bridgehead atoms. The Morgan fingerprint density at radius 1 is 0.900 bits per heavy atom. The first-order chi connectivity index (χ1) is 19.3. The quantitative estimate of drug-likeness (QED) is 0.133. The lowest BCUT2D eigenvalue weighted by Gasteiger charge is -2.16. The van der Waals surface area contributed by atoms with E-state index < -0.39 is 0 Å². The van der Waals surface area contributed by atoms with Gasteiger partial charge in [0.05, 0.1) is 5.69 Å². The second-order valence-corrected chi connectivity index (χ2v) is 12.5. The van der Waals surface area contributed by atoms with Gasteiger partial charge in [-0.05, 0) is 18.1 Å². The van der Waals surface area contributed by atoms with Crippen LogP contribution in [0.25, 0.3) is 17.0 Å². The van der Waals surface area contributed by atoms with Gasteiger partial charge >= 0.3 is 6.03 Å². The highest BCUT2D eigenvalue weighted by atomic mass is 35.5. The molecule has 2 amide bonds. The van der Waals surface area contributed by atoms with Gasteiger partial charge in [0.15, 0.2) is 11.5 Å². The Morgan fingerprint density at radius 3 is 2.08 bits per heavy atom. The van der Waals surface area contributed by atoms with Gasteiger partial charge in [0.25, 0.3) is 0 Å². The van der Waals surface area contributed by atoms with E-state index in [0.717, 1.165) is 23.2 Å². The highest BCUT2D eigenvalue weighted by Gasteiger charge is 2.24. The minimum absolute atomic E-state index is 0.127. The standard InChI is InChI=1S/C32H51ClN6O/c1-5-6-7-8-9-10-11-12-13-14-15-16-17-18-22-34-31(40)35-24-25-20-19-21-26(23-25)29-36-30-27(33)28(32(2,3)4)37-39(30)38-29/h19-21,23,37H,5-18,22,24H2,1-4H3,(H2,34,35,40). The van der Waals surface area contributed by atoms with E-state index in [1.165, 1.54) is 83.5 Å². The summed E-state index contributed by atoms with van der Waals surface area (Å²) < 4.78 is 1.63. The number of aromatic amines is 1. The van der Waals surface area contributed by atoms with Crippen molar-refractivity contribution in [1.82, 2.24) is 30.4 Å². The zero-order chi connectivity index (χ0) is 28.8. The van der Waals surface area contributed by atoms with E-state index in [2.05, 4.69) is 53.5 Å². The number of H-pyrrole nitrogens is 1. The van der Waals surface area contributed by atoms with Crippen LogP contribution < -0.4 is 10.6 Å². The highest BCUT2D eigenvalue weighted by Crippen LogP contribution is 2.31. The van der Waals surface area contributed by atoms with E-state index in [-0.39, 0.29) is 11.4 Å². The van der Waals surface area contributed by atoms with Crippen molar-refractivity contribution in [2.24, 2.45) is 0 Å². The minimum atomic E-state index is -0.130. The Labute approximate surface area is 246 Å². The normalized spacial score (nSPS) is 11.8. The molecule has 7 nitrogen and oxygen atoms in total. The van der Waals surface area contributed by atoms with Crippen LogP contribution >= 0.6 is 11.6 Å². The number of halogens is 1. The van der Waals surface area contributed by atoms with Crippen molar-refractivity contribution in [1.29, 1.82) is 0 Å². The van der Waals surface area contributed by atoms with Crippen LogP contribution in [0.4, 0.5) is 4.79 Å². The molecular weight excluding hydrogens is 520 g/mol. The van der Waals surface area contributed by atoms with Crippen LogP contribution in [-0.2, 0) is 12.0 Å². The van der Waals surface area contributed by atoms with Gasteiger partial charge in [0.2, 0.25) is 0 Å². The molecule has 2 aromatic heterocycles. The SMILES string of the molecule is CCCCCCCCCCCCCCCCNC(=O)NCc1cccc(-c2nc3c(Cl)c(C(C)(C)C)[nH]n3n2)c1. The molecule has 0 aliphatic heterocycles. The molecule has 40 heavy (non-hydrogen) atoms. The molecule has 0 fully saturated rings. The van der Waals surface area contributed by atoms with Crippen LogP contribution in [0.5, 0.6) is 0 Å². The molecule has 3 aromatic rings. The molecule has 0 saturated carbocycles. The number of nitrogens with one attached hydrogen (secondary N) is 3. The Bertz CT molecular complexity index is 1160. The predicted molar refractivity (Wildman–Crippen MR) is 167 cm³/mol. The number of hydrogen-bond donors (Lipinski definition) is 3. The molecule has 0 aliphatic rings. The summed E-state index contributed by atoms with van der Waals surface area (Å²) in [5.41, 5.74) is 3.27. The highest BCUT2D eigenvalue weighted by molar-refractivity contribution is 6.34. The van der Waals surface area contributed by atoms with Gasteiger partial charge in [-0.2, -0.15) is 4.63 Å². The summed E-state index contributed by atoms with van der Waals surface area (Å²) in [6, 6.07) is 7.78. The van der Waals surface area contributed by atoms with Gasteiger partial charge in [-0.1, -0.05) is 141 Å². The van der Waals surface area contributed by atoms with E-state index in [1.54, 1.807) is 4.63 Å². The van der Waals surface area contributed by atoms with Gasteiger partial charge in [-0.3, -0.25) is 5.10 Å². The number of fused-ring (bicyclic) bond motifs is 1. The molecular formula is C32H51ClN6O. The molecule has 1 aromatic carbocycles. The van der Waals surface area contributed by atoms with Crippen LogP contribution in [0.15, 0.2) is 24.3 Å². The van der Waals surface area contributed by atoms with E-state index in [9.17, 15) is 4.79 Å². The number of unbranched alkanes of at least 4 members (excludes halogenated alkanes) is 13. The fourth-order valence-corrected chi connectivity index (χ4v) is 5.45. The zero-order valence-electron chi connectivity index (χ0n) is 25.3. The summed E-state index contributed by atoms with van der Waals surface area (Å²) in [6.45, 7) is 9.72. The molecule has 222 valence electrons. The number of carbonyl (C=O) groups is 1. The average molecular weight is 571 g/mol. The number of nitrogens with zero attached hydrogens (tertiary/aromatic N) is 3. The van der Waals surface area contributed by atoms with Crippen molar-refractivity contribution in [3.05, 3.63) is 40.5 Å². The first kappa shape index (κ1) is 32.0. The lowest BCUT2D eigenvalue weighted by molar-refractivity contribution is 0.240. The van der Waals surface area contributed by atoms with Crippen LogP contribution in [0, 0.1) is 0 Å². The molecule has 3 rings (SSSR count). The third kappa shape index (κ3) is 10.5. The molecule has 8 heteroatoms. The molecule has 0 atom stereocenters. The van der Waals surface area contributed by atoms with E-state index in [0.29, 0.717) is 29.6 Å². The smallest absolute Gasteiger partial charge is 0.315 e. The minimum Gasteiger partial charge on any atom is -0.338 e. The molecule has 2 heterocycles. The summed E-state index contributed by atoms with van der Waals surface area (Å²) in [6.07, 6.45) is 18.7. The van der Waals surface area contributed by atoms with Crippen molar-refractivity contribution >= 4 is 23.3 Å². The lowest BCUT2D eigenvalue weighted by atomic mass is 9.92. The Balaban J connectivity index is 1.26. The number of urea groups is 1. The van der Waals surface area contributed by atoms with Crippen LogP contribution in [0.1, 0.15) is 129 Å². The third-order valence-corrected chi connectivity index (χ3v) is 7.80. The number of amides is 2. The van der Waals surface area contributed by atoms with Gasteiger partial charge in [-0.15, -0.1) is 5.10 Å². The summed E-state index contributed by atoms with van der Waals surface area (Å²) >= 11 is 6.57. The first-order valence-corrected chi connectivity index (χ1v) is 15.9. The summed E-state index contributed by atoms with van der Waals surface area (Å²) in [7, 11) is 0. The van der Waals surface area contributed by atoms with Crippen molar-refractivity contribution in [3.8, 4) is 11.4 Å². The summed E-state index contributed by atoms with van der Waals surface area (Å²) in [5.74, 6) is 0.595. The maximum atomic E-state index is 12.3. The lowest BCUT2D eigenvalue weighted by Crippen LogP contribution is -2.35. The Kier molecular flexibility index (Phi) is 13.3. The second kappa shape index (κ2) is 16.7. The topological polar surface area (TPSA) is 87.1 Å². The number of benzene rings is 1. The molecule has 3 N–H and O–H groups in total. The number of hydrogen-bond acceptors (Lipinski definition) is 3. The Hall–Kier alpha value is -2.54. The number of carbonyl (C=O) groups excluding carboxylic acids is 1. The number of rotatable bonds is 18. The Morgan fingerprint density at radius 2 is 1.50 bits per heavy atom. The summed E-state index contributed by atoms with van der Waals surface area (Å²) in [4.78, 5) is 16.9. The van der Waals surface area contributed by atoms with Gasteiger partial charge in [-0.25, -0.2) is 9.78 Å². The molecule has 0 radical (unpaired) electrons. The second-order valence-electron chi connectivity index (χ2n) is 12.1. The van der Waals surface area contributed by atoms with Crippen molar-refractivity contribution in [2.45, 2.75) is 130 Å². The molecule has 0 unspecified atom stereocenters. The van der Waals surface area contributed by atoms with Gasteiger partial charge in [0.1, 0.15) is 5.02 Å². The van der Waals surface area contributed by atoms with Crippen LogP contribution in [-0.4, -0.2) is 32.4 Å². The van der Waals surface area contributed by atoms with Gasteiger partial charge in [0, 0.05) is 24.1 Å². The average Bonchev–Trinajstić information content (AvgIpc) is 3.49. The largest absolute Gasteiger partial charge is 0.338 e. The molecule has 0 saturated heterocycles. The van der Waals surface area contributed by atoms with Crippen molar-refractivity contribution < 1.29 is 4.79 Å². The fraction of sp³-hybridized carbons (Fsp3) is 0.656. The monoisotopic (exact) mass is 570 g/mol. The van der Waals surface area contributed by atoms with E-state index in [1.807, 2.05) is 24.3 Å². The number of aromatic nitrogens is 4. The van der Waals surface area contributed by atoms with Crippen molar-refractivity contribution in [2.75, 3.05) is 6.54 Å². The maximum absolute atomic E-state index is 12.3. The zero-order valence-corrected chi connectivity index (χ0v) is 26.0. The van der Waals surface area contributed by atoms with Crippen LogP contribution in [0.3, 0.4) is 0 Å². The predicted octanol–water partition coefficient (Wildman–Crippen LogP) is 8.96.